The molecule has 0 saturated carbocycles. The molecular formula is C7H8CuS. The Labute approximate surface area is 70.1 Å². The van der Waals surface area contributed by atoms with Gasteiger partial charge in [0.25, 0.3) is 0 Å². The first-order valence-electron chi connectivity index (χ1n) is 2.59. The summed E-state index contributed by atoms with van der Waals surface area (Å²) in [7, 11) is 0. The molecule has 1 rings (SSSR count). The molecule has 0 nitrogen and oxygen atoms in total. The zero-order valence-electron chi connectivity index (χ0n) is 5.10. The summed E-state index contributed by atoms with van der Waals surface area (Å²) in [5.74, 6) is 0. The van der Waals surface area contributed by atoms with Gasteiger partial charge in [0.2, 0.25) is 0 Å². The average Bonchev–Trinajstić information content (AvgIpc) is 2.19. The molecular weight excluding hydrogens is 180 g/mol. The summed E-state index contributed by atoms with van der Waals surface area (Å²) in [6, 6.07) is 4.16. The van der Waals surface area contributed by atoms with E-state index in [4.69, 9.17) is 0 Å². The first-order valence-corrected chi connectivity index (χ1v) is 3.47. The Morgan fingerprint density at radius 1 is 1.56 bits per heavy atom. The van der Waals surface area contributed by atoms with Gasteiger partial charge in [-0.1, -0.05) is 12.1 Å². The van der Waals surface area contributed by atoms with E-state index in [2.05, 4.69) is 23.6 Å². The standard InChI is InChI=1S/C7H8S.Cu/c1-2-4-7-5-3-6-8-7;/h2-6H,1H3;. The molecule has 0 aliphatic heterocycles. The minimum absolute atomic E-state index is 0. The quantitative estimate of drug-likeness (QED) is 0.594. The molecule has 0 atom stereocenters. The predicted molar refractivity (Wildman–Crippen MR) is 39.0 cm³/mol. The minimum Gasteiger partial charge on any atom is -0.144 e. The molecule has 0 spiro atoms. The maximum atomic E-state index is 2.10. The molecule has 1 aromatic rings. The number of allylic oxidation sites excluding steroid dienone is 1. The van der Waals surface area contributed by atoms with Gasteiger partial charge in [-0.2, -0.15) is 0 Å². The molecule has 1 radical (unpaired) electrons. The van der Waals surface area contributed by atoms with Crippen molar-refractivity contribution in [3.05, 3.63) is 28.5 Å². The summed E-state index contributed by atoms with van der Waals surface area (Å²) < 4.78 is 0. The van der Waals surface area contributed by atoms with Crippen LogP contribution in [0.25, 0.3) is 6.08 Å². The fourth-order valence-corrected chi connectivity index (χ4v) is 1.24. The molecule has 2 heteroatoms. The molecule has 0 unspecified atom stereocenters. The molecule has 0 bridgehead atoms. The van der Waals surface area contributed by atoms with Crippen molar-refractivity contribution >= 4 is 17.4 Å². The van der Waals surface area contributed by atoms with E-state index in [1.807, 2.05) is 13.0 Å². The second-order valence-corrected chi connectivity index (χ2v) is 2.49. The van der Waals surface area contributed by atoms with Crippen molar-refractivity contribution in [3.63, 3.8) is 0 Å². The topological polar surface area (TPSA) is 0 Å². The Morgan fingerprint density at radius 3 is 2.78 bits per heavy atom. The van der Waals surface area contributed by atoms with Crippen LogP contribution < -0.4 is 0 Å². The smallest absolute Gasteiger partial charge is 0.0266 e. The summed E-state index contributed by atoms with van der Waals surface area (Å²) in [4.78, 5) is 1.33. The third-order valence-corrected chi connectivity index (χ3v) is 1.71. The molecule has 0 fully saturated rings. The molecule has 9 heavy (non-hydrogen) atoms. The van der Waals surface area contributed by atoms with Crippen molar-refractivity contribution in [1.29, 1.82) is 0 Å². The summed E-state index contributed by atoms with van der Waals surface area (Å²) in [5, 5.41) is 2.08. The van der Waals surface area contributed by atoms with Gasteiger partial charge in [-0.05, 0) is 24.4 Å². The van der Waals surface area contributed by atoms with Crippen molar-refractivity contribution in [2.24, 2.45) is 0 Å². The monoisotopic (exact) mass is 187 g/mol. The average molecular weight is 188 g/mol. The van der Waals surface area contributed by atoms with Crippen LogP contribution in [0.2, 0.25) is 0 Å². The summed E-state index contributed by atoms with van der Waals surface area (Å²) in [5.41, 5.74) is 0. The fourth-order valence-electron chi connectivity index (χ4n) is 0.550. The van der Waals surface area contributed by atoms with E-state index in [1.165, 1.54) is 4.88 Å². The molecule has 0 aromatic carbocycles. The van der Waals surface area contributed by atoms with Crippen LogP contribution in [0.3, 0.4) is 0 Å². The van der Waals surface area contributed by atoms with E-state index in [1.54, 1.807) is 11.3 Å². The van der Waals surface area contributed by atoms with E-state index < -0.39 is 0 Å². The van der Waals surface area contributed by atoms with Crippen molar-refractivity contribution in [3.8, 4) is 0 Å². The first-order chi connectivity index (χ1) is 3.93. The van der Waals surface area contributed by atoms with Crippen molar-refractivity contribution in [2.75, 3.05) is 0 Å². The minimum atomic E-state index is 0. The first kappa shape index (κ1) is 8.96. The van der Waals surface area contributed by atoms with Crippen LogP contribution >= 0.6 is 11.3 Å². The Morgan fingerprint density at radius 2 is 2.33 bits per heavy atom. The van der Waals surface area contributed by atoms with Crippen molar-refractivity contribution in [2.45, 2.75) is 6.92 Å². The molecule has 0 amide bonds. The molecule has 1 aromatic heterocycles. The van der Waals surface area contributed by atoms with Crippen LogP contribution in [0.4, 0.5) is 0 Å². The third-order valence-electron chi connectivity index (χ3n) is 0.874. The SMILES string of the molecule is CC=Cc1cccs1.[Cu]. The number of hydrogen-bond donors (Lipinski definition) is 0. The van der Waals surface area contributed by atoms with Crippen LogP contribution in [0.5, 0.6) is 0 Å². The van der Waals surface area contributed by atoms with E-state index >= 15 is 0 Å². The normalized spacial score (nSPS) is 9.44. The molecule has 0 saturated heterocycles. The second kappa shape index (κ2) is 4.80. The van der Waals surface area contributed by atoms with Crippen LogP contribution in [0.15, 0.2) is 23.6 Å². The zero-order valence-corrected chi connectivity index (χ0v) is 6.85. The van der Waals surface area contributed by atoms with Gasteiger partial charge < -0.3 is 0 Å². The third kappa shape index (κ3) is 2.85. The fraction of sp³-hybridized carbons (Fsp3) is 0.143. The number of rotatable bonds is 1. The number of thiophene rings is 1. The van der Waals surface area contributed by atoms with Gasteiger partial charge in [-0.15, -0.1) is 11.3 Å². The maximum absolute atomic E-state index is 2.10. The largest absolute Gasteiger partial charge is 0.144 e. The van der Waals surface area contributed by atoms with E-state index in [0.717, 1.165) is 0 Å². The maximum Gasteiger partial charge on any atom is 0.0266 e. The van der Waals surface area contributed by atoms with Crippen molar-refractivity contribution < 1.29 is 17.1 Å². The summed E-state index contributed by atoms with van der Waals surface area (Å²) in [6.45, 7) is 2.03. The van der Waals surface area contributed by atoms with Gasteiger partial charge in [-0.3, -0.25) is 0 Å². The Bertz CT molecular complexity index is 165. The van der Waals surface area contributed by atoms with Crippen molar-refractivity contribution in [1.82, 2.24) is 0 Å². The molecule has 0 N–H and O–H groups in total. The van der Waals surface area contributed by atoms with E-state index in [9.17, 15) is 0 Å². The van der Waals surface area contributed by atoms with Gasteiger partial charge in [0, 0.05) is 21.9 Å². The second-order valence-electron chi connectivity index (χ2n) is 1.52. The Kier molecular flexibility index (Phi) is 4.78. The predicted octanol–water partition coefficient (Wildman–Crippen LogP) is 2.78. The Balaban J connectivity index is 0.000000640. The van der Waals surface area contributed by atoms with Crippen LogP contribution in [0, 0.1) is 0 Å². The Hall–Kier alpha value is -0.0405. The zero-order chi connectivity index (χ0) is 5.82. The van der Waals surface area contributed by atoms with Gasteiger partial charge in [0.1, 0.15) is 0 Å². The van der Waals surface area contributed by atoms with Crippen LogP contribution in [-0.4, -0.2) is 0 Å². The van der Waals surface area contributed by atoms with E-state index in [-0.39, 0.29) is 17.1 Å². The molecule has 0 aliphatic carbocycles. The molecule has 1 heterocycles. The van der Waals surface area contributed by atoms with Gasteiger partial charge in [-0.25, -0.2) is 0 Å². The van der Waals surface area contributed by atoms with E-state index in [0.29, 0.717) is 0 Å². The van der Waals surface area contributed by atoms with Gasteiger partial charge in [0.15, 0.2) is 0 Å². The number of hydrogen-bond acceptors (Lipinski definition) is 1. The van der Waals surface area contributed by atoms with Gasteiger partial charge >= 0.3 is 0 Å². The van der Waals surface area contributed by atoms with Gasteiger partial charge in [0.05, 0.1) is 0 Å². The molecule has 53 valence electrons. The van der Waals surface area contributed by atoms with Crippen LogP contribution in [-0.2, 0) is 17.1 Å². The summed E-state index contributed by atoms with van der Waals surface area (Å²) in [6.07, 6.45) is 4.15. The summed E-state index contributed by atoms with van der Waals surface area (Å²) >= 11 is 1.76. The molecule has 0 aliphatic rings. The van der Waals surface area contributed by atoms with Crippen LogP contribution in [0.1, 0.15) is 11.8 Å².